The minimum absolute atomic E-state index is 0.0261. The molecule has 22 heavy (non-hydrogen) atoms. The van der Waals surface area contributed by atoms with Gasteiger partial charge in [-0.25, -0.2) is 0 Å². The van der Waals surface area contributed by atoms with Crippen molar-refractivity contribution >= 4 is 5.97 Å². The van der Waals surface area contributed by atoms with Crippen LogP contribution in [0.4, 0.5) is 0 Å². The van der Waals surface area contributed by atoms with E-state index in [9.17, 15) is 4.79 Å². The van der Waals surface area contributed by atoms with Crippen molar-refractivity contribution in [2.75, 3.05) is 0 Å². The van der Waals surface area contributed by atoms with E-state index in [1.807, 2.05) is 0 Å². The summed E-state index contributed by atoms with van der Waals surface area (Å²) in [6.45, 7) is 4.43. The van der Waals surface area contributed by atoms with Gasteiger partial charge in [0.25, 0.3) is 0 Å². The Morgan fingerprint density at radius 3 is 2.41 bits per heavy atom. The van der Waals surface area contributed by atoms with E-state index in [0.29, 0.717) is 0 Å². The Balaban J connectivity index is 1.85. The van der Waals surface area contributed by atoms with Crippen LogP contribution in [0.25, 0.3) is 0 Å². The molecule has 2 heteroatoms. The molecule has 1 aromatic rings. The highest BCUT2D eigenvalue weighted by molar-refractivity contribution is 5.80. The van der Waals surface area contributed by atoms with Gasteiger partial charge in [0.15, 0.2) is 0 Å². The van der Waals surface area contributed by atoms with Crippen LogP contribution < -0.4 is 0 Å². The third-order valence-corrected chi connectivity index (χ3v) is 4.65. The number of ether oxygens (including phenoxy) is 1. The summed E-state index contributed by atoms with van der Waals surface area (Å²) in [6.07, 6.45) is 10.5. The first-order valence-electron chi connectivity index (χ1n) is 9.04. The van der Waals surface area contributed by atoms with Gasteiger partial charge >= 0.3 is 5.97 Å². The number of carbonyl (C=O) groups excluding carboxylic acids is 1. The van der Waals surface area contributed by atoms with Crippen LogP contribution in [-0.2, 0) is 16.0 Å². The minimum Gasteiger partial charge on any atom is -0.462 e. The summed E-state index contributed by atoms with van der Waals surface area (Å²) in [7, 11) is 0. The van der Waals surface area contributed by atoms with E-state index in [1.54, 1.807) is 0 Å². The number of cyclic esters (lactones) is 1. The summed E-state index contributed by atoms with van der Waals surface area (Å²) in [5.74, 6) is -0.0711. The maximum absolute atomic E-state index is 12.1. The van der Waals surface area contributed by atoms with Crippen molar-refractivity contribution in [2.45, 2.75) is 83.7 Å². The van der Waals surface area contributed by atoms with Crippen LogP contribution in [0.15, 0.2) is 24.3 Å². The van der Waals surface area contributed by atoms with Gasteiger partial charge in [0.2, 0.25) is 0 Å². The Kier molecular flexibility index (Phi) is 6.95. The Bertz CT molecular complexity index is 449. The number of hydrogen-bond donors (Lipinski definition) is 0. The van der Waals surface area contributed by atoms with E-state index < -0.39 is 0 Å². The van der Waals surface area contributed by atoms with E-state index >= 15 is 0 Å². The van der Waals surface area contributed by atoms with Gasteiger partial charge in [-0.3, -0.25) is 4.79 Å². The van der Waals surface area contributed by atoms with Crippen molar-refractivity contribution in [1.29, 1.82) is 0 Å². The first-order chi connectivity index (χ1) is 10.7. The molecule has 2 rings (SSSR count). The van der Waals surface area contributed by atoms with Crippen molar-refractivity contribution in [3.63, 3.8) is 0 Å². The molecule has 1 heterocycles. The molecule has 2 atom stereocenters. The molecule has 1 aliphatic heterocycles. The number of esters is 1. The van der Waals surface area contributed by atoms with E-state index in [2.05, 4.69) is 38.1 Å². The second-order valence-corrected chi connectivity index (χ2v) is 6.54. The zero-order valence-electron chi connectivity index (χ0n) is 14.1. The lowest BCUT2D eigenvalue weighted by Gasteiger charge is -2.08. The van der Waals surface area contributed by atoms with Crippen molar-refractivity contribution in [2.24, 2.45) is 0 Å². The molecule has 0 radical (unpaired) electrons. The third kappa shape index (κ3) is 4.86. The summed E-state index contributed by atoms with van der Waals surface area (Å²) in [5.41, 5.74) is 2.49. The van der Waals surface area contributed by atoms with Crippen molar-refractivity contribution in [3.8, 4) is 0 Å². The maximum atomic E-state index is 12.1. The highest BCUT2D eigenvalue weighted by Crippen LogP contribution is 2.33. The maximum Gasteiger partial charge on any atom is 0.313 e. The number of benzene rings is 1. The average molecular weight is 302 g/mol. The van der Waals surface area contributed by atoms with Gasteiger partial charge < -0.3 is 4.74 Å². The van der Waals surface area contributed by atoms with Gasteiger partial charge in [0.05, 0.1) is 5.92 Å². The van der Waals surface area contributed by atoms with E-state index in [-0.39, 0.29) is 18.0 Å². The molecule has 0 amide bonds. The average Bonchev–Trinajstić information content (AvgIpc) is 2.91. The summed E-state index contributed by atoms with van der Waals surface area (Å²) in [5, 5.41) is 0. The second-order valence-electron chi connectivity index (χ2n) is 6.54. The predicted molar refractivity (Wildman–Crippen MR) is 91.1 cm³/mol. The number of aryl methyl sites for hydroxylation is 1. The van der Waals surface area contributed by atoms with Crippen LogP contribution in [0.2, 0.25) is 0 Å². The van der Waals surface area contributed by atoms with Crippen LogP contribution in [-0.4, -0.2) is 12.1 Å². The van der Waals surface area contributed by atoms with Gasteiger partial charge in [-0.15, -0.1) is 0 Å². The summed E-state index contributed by atoms with van der Waals surface area (Å²) in [4.78, 5) is 12.1. The first kappa shape index (κ1) is 17.1. The summed E-state index contributed by atoms with van der Waals surface area (Å²) < 4.78 is 5.56. The Morgan fingerprint density at radius 1 is 1.00 bits per heavy atom. The van der Waals surface area contributed by atoms with Crippen LogP contribution in [0, 0.1) is 0 Å². The Hall–Kier alpha value is -1.31. The van der Waals surface area contributed by atoms with Gasteiger partial charge in [-0.05, 0) is 36.8 Å². The fraction of sp³-hybridized carbons (Fsp3) is 0.650. The Labute approximate surface area is 135 Å². The standard InChI is InChI=1S/C20H30O2/c1-3-5-7-8-10-18-15-19(20(21)22-18)17-13-11-16(12-14-17)9-6-4-2/h11-14,18-19H,3-10,15H2,1-2H3/t18-,19+/m0/s1. The molecule has 0 saturated carbocycles. The van der Waals surface area contributed by atoms with Crippen molar-refractivity contribution < 1.29 is 9.53 Å². The third-order valence-electron chi connectivity index (χ3n) is 4.65. The van der Waals surface area contributed by atoms with Crippen LogP contribution in [0.3, 0.4) is 0 Å². The van der Waals surface area contributed by atoms with Crippen molar-refractivity contribution in [3.05, 3.63) is 35.4 Å². The smallest absolute Gasteiger partial charge is 0.313 e. The zero-order valence-corrected chi connectivity index (χ0v) is 14.1. The molecular formula is C20H30O2. The van der Waals surface area contributed by atoms with Gasteiger partial charge in [-0.1, -0.05) is 63.8 Å². The van der Waals surface area contributed by atoms with E-state index in [4.69, 9.17) is 4.74 Å². The highest BCUT2D eigenvalue weighted by atomic mass is 16.5. The molecule has 1 aromatic carbocycles. The molecule has 1 saturated heterocycles. The van der Waals surface area contributed by atoms with E-state index in [1.165, 1.54) is 44.1 Å². The molecule has 0 unspecified atom stereocenters. The largest absolute Gasteiger partial charge is 0.462 e. The highest BCUT2D eigenvalue weighted by Gasteiger charge is 2.34. The van der Waals surface area contributed by atoms with Gasteiger partial charge in [-0.2, -0.15) is 0 Å². The number of carbonyl (C=O) groups is 1. The van der Waals surface area contributed by atoms with E-state index in [0.717, 1.165) is 24.8 Å². The SMILES string of the molecule is CCCCCC[C@H]1C[C@H](c2ccc(CCCC)cc2)C(=O)O1. The van der Waals surface area contributed by atoms with Crippen molar-refractivity contribution in [1.82, 2.24) is 0 Å². The van der Waals surface area contributed by atoms with Crippen LogP contribution in [0.1, 0.15) is 82.3 Å². The molecular weight excluding hydrogens is 272 g/mol. The zero-order chi connectivity index (χ0) is 15.8. The summed E-state index contributed by atoms with van der Waals surface area (Å²) >= 11 is 0. The predicted octanol–water partition coefficient (Wildman–Crippen LogP) is 5.40. The lowest BCUT2D eigenvalue weighted by atomic mass is 9.93. The normalized spacial score (nSPS) is 21.1. The van der Waals surface area contributed by atoms with Gasteiger partial charge in [0, 0.05) is 6.42 Å². The number of unbranched alkanes of at least 4 members (excludes halogenated alkanes) is 4. The molecule has 2 nitrogen and oxygen atoms in total. The van der Waals surface area contributed by atoms with Crippen LogP contribution >= 0.6 is 0 Å². The monoisotopic (exact) mass is 302 g/mol. The fourth-order valence-corrected chi connectivity index (χ4v) is 3.20. The summed E-state index contributed by atoms with van der Waals surface area (Å²) in [6, 6.07) is 8.59. The molecule has 1 aliphatic rings. The molecule has 0 aliphatic carbocycles. The molecule has 0 aromatic heterocycles. The molecule has 122 valence electrons. The number of hydrogen-bond acceptors (Lipinski definition) is 2. The molecule has 0 N–H and O–H groups in total. The topological polar surface area (TPSA) is 26.3 Å². The Morgan fingerprint density at radius 2 is 1.73 bits per heavy atom. The lowest BCUT2D eigenvalue weighted by Crippen LogP contribution is -2.06. The number of rotatable bonds is 9. The molecule has 1 fully saturated rings. The lowest BCUT2D eigenvalue weighted by molar-refractivity contribution is -0.142. The van der Waals surface area contributed by atoms with Crippen LogP contribution in [0.5, 0.6) is 0 Å². The molecule has 0 bridgehead atoms. The molecule has 0 spiro atoms. The first-order valence-corrected chi connectivity index (χ1v) is 9.04. The minimum atomic E-state index is -0.0450. The van der Waals surface area contributed by atoms with Gasteiger partial charge in [0.1, 0.15) is 6.10 Å². The fourth-order valence-electron chi connectivity index (χ4n) is 3.20. The quantitative estimate of drug-likeness (QED) is 0.451. The second kappa shape index (κ2) is 8.97.